The average Bonchev–Trinajstić information content (AvgIpc) is 3.25. The summed E-state index contributed by atoms with van der Waals surface area (Å²) >= 11 is 0. The van der Waals surface area contributed by atoms with Gasteiger partial charge in [-0.3, -0.25) is 24.8 Å². The fourth-order valence-electron chi connectivity index (χ4n) is 2.91. The smallest absolute Gasteiger partial charge is 0.203 e. The molecule has 0 aliphatic rings. The summed E-state index contributed by atoms with van der Waals surface area (Å²) in [5.41, 5.74) is 6.22. The molecule has 0 fully saturated rings. The maximum atomic E-state index is 10.8. The Kier molecular flexibility index (Phi) is 59.7. The van der Waals surface area contributed by atoms with Crippen molar-refractivity contribution in [3.05, 3.63) is 160 Å². The average molecular weight is 904 g/mol. The second-order valence-corrected chi connectivity index (χ2v) is 9.47. The molecule has 0 aromatic carbocycles. The zero-order valence-corrected chi connectivity index (χ0v) is 38.0. The van der Waals surface area contributed by atoms with Crippen molar-refractivity contribution < 1.29 is 9.84 Å². The third kappa shape index (κ3) is 42.0. The van der Waals surface area contributed by atoms with E-state index in [1.165, 1.54) is 11.6 Å². The molecule has 6 aromatic heterocycles. The van der Waals surface area contributed by atoms with Crippen molar-refractivity contribution in [1.29, 1.82) is 0 Å². The third-order valence-corrected chi connectivity index (χ3v) is 5.43. The van der Waals surface area contributed by atoms with Gasteiger partial charge in [0.15, 0.2) is 0 Å². The molecule has 0 atom stereocenters. The first-order chi connectivity index (χ1) is 26.1. The van der Waals surface area contributed by atoms with Crippen molar-refractivity contribution in [2.24, 2.45) is 0 Å². The predicted octanol–water partition coefficient (Wildman–Crippen LogP) is 10.7. The molecule has 0 radical (unpaired) electrons. The van der Waals surface area contributed by atoms with Crippen molar-refractivity contribution in [3.8, 4) is 5.75 Å². The molecule has 6 heterocycles. The van der Waals surface area contributed by atoms with Crippen molar-refractivity contribution >= 4 is 24.0 Å². The second kappa shape index (κ2) is 51.0. The van der Waals surface area contributed by atoms with Crippen LogP contribution in [-0.4, -0.2) is 64.9 Å². The highest BCUT2D eigenvalue weighted by Crippen LogP contribution is 2.13. The Balaban J connectivity index is -0.000000101. The van der Waals surface area contributed by atoms with E-state index in [4.69, 9.17) is 9.84 Å². The number of hydrogen-bond acceptors (Lipinski definition) is 11. The molecule has 0 saturated carbocycles. The molecule has 6 rings (SSSR count). The summed E-state index contributed by atoms with van der Waals surface area (Å²) in [6.07, 6.45) is 10.5. The Bertz CT molecular complexity index is 1530. The van der Waals surface area contributed by atoms with Crippen LogP contribution in [-0.2, 0) is 0 Å². The molecule has 13 heteroatoms. The molecule has 0 unspecified atom stereocenters. The Morgan fingerprint density at radius 3 is 1.09 bits per heavy atom. The normalized spacial score (nSPS) is 7.65. The van der Waals surface area contributed by atoms with Gasteiger partial charge in [0.25, 0.3) is 0 Å². The molecular formula is C44H74IN9O3. The summed E-state index contributed by atoms with van der Waals surface area (Å²) in [6, 6.07) is 22.6. The van der Waals surface area contributed by atoms with Crippen LogP contribution >= 0.6 is 24.0 Å². The van der Waals surface area contributed by atoms with Gasteiger partial charge in [0.2, 0.25) is 5.43 Å². The van der Waals surface area contributed by atoms with Crippen LogP contribution in [0, 0.1) is 48.5 Å². The van der Waals surface area contributed by atoms with E-state index < -0.39 is 0 Å². The Hall–Kier alpha value is -5.02. The van der Waals surface area contributed by atoms with Gasteiger partial charge in [-0.05, 0) is 96.5 Å². The molecule has 0 bridgehead atoms. The fourth-order valence-corrected chi connectivity index (χ4v) is 2.91. The third-order valence-electron chi connectivity index (χ3n) is 5.43. The zero-order chi connectivity index (χ0) is 42.0. The number of halogens is 1. The monoisotopic (exact) mass is 903 g/mol. The van der Waals surface area contributed by atoms with E-state index in [1.807, 2.05) is 143 Å². The molecule has 0 amide bonds. The van der Waals surface area contributed by atoms with E-state index in [-0.39, 0.29) is 44.3 Å². The number of aromatic amines is 1. The molecule has 0 aliphatic carbocycles. The van der Waals surface area contributed by atoms with E-state index in [9.17, 15) is 4.79 Å². The van der Waals surface area contributed by atoms with Crippen LogP contribution in [0.3, 0.4) is 0 Å². The van der Waals surface area contributed by atoms with Crippen molar-refractivity contribution in [2.45, 2.75) is 105 Å². The maximum Gasteiger partial charge on any atom is 0.203 e. The van der Waals surface area contributed by atoms with Crippen LogP contribution in [0.1, 0.15) is 96.1 Å². The lowest BCUT2D eigenvalue weighted by Gasteiger charge is -2.01. The first-order valence-corrected chi connectivity index (χ1v) is 17.8. The van der Waals surface area contributed by atoms with Crippen LogP contribution in [0.25, 0.3) is 0 Å². The molecule has 320 valence electrons. The minimum absolute atomic E-state index is 0. The lowest BCUT2D eigenvalue weighted by Crippen LogP contribution is -2.08. The molecule has 57 heavy (non-hydrogen) atoms. The van der Waals surface area contributed by atoms with Crippen LogP contribution in [0.4, 0.5) is 0 Å². The molecule has 2 N–H and O–H groups in total. The van der Waals surface area contributed by atoms with Gasteiger partial charge in [0.05, 0.1) is 24.2 Å². The number of pyridine rings is 3. The summed E-state index contributed by atoms with van der Waals surface area (Å²) in [6.45, 7) is 25.2. The second-order valence-electron chi connectivity index (χ2n) is 9.47. The number of hydrogen-bond donors (Lipinski definition) is 2. The minimum Gasteiger partial charge on any atom is -0.495 e. The molecule has 12 nitrogen and oxygen atoms in total. The number of nitrogens with zero attached hydrogens (tertiary/aromatic N) is 8. The van der Waals surface area contributed by atoms with Gasteiger partial charge < -0.3 is 9.84 Å². The summed E-state index contributed by atoms with van der Waals surface area (Å²) in [5, 5.41) is 29.0. The number of rotatable bonds is 1. The summed E-state index contributed by atoms with van der Waals surface area (Å²) in [7, 11) is 2.63. The van der Waals surface area contributed by atoms with E-state index in [2.05, 4.69) is 45.5 Å². The van der Waals surface area contributed by atoms with Gasteiger partial charge >= 0.3 is 0 Å². The van der Waals surface area contributed by atoms with Crippen molar-refractivity contribution in [1.82, 2.24) is 45.5 Å². The Morgan fingerprint density at radius 2 is 0.860 bits per heavy atom. The maximum absolute atomic E-state index is 10.8. The highest BCUT2D eigenvalue weighted by Gasteiger charge is 1.98. The first kappa shape index (κ1) is 66.8. The minimum atomic E-state index is -0.00810. The van der Waals surface area contributed by atoms with Crippen molar-refractivity contribution in [3.63, 3.8) is 0 Å². The highest BCUT2D eigenvalue weighted by molar-refractivity contribution is 14.0. The van der Waals surface area contributed by atoms with Crippen LogP contribution in [0.15, 0.2) is 115 Å². The van der Waals surface area contributed by atoms with Gasteiger partial charge in [-0.15, -0.1) is 24.0 Å². The van der Waals surface area contributed by atoms with E-state index in [0.29, 0.717) is 5.69 Å². The Morgan fingerprint density at radius 1 is 0.509 bits per heavy atom. The quantitative estimate of drug-likeness (QED) is 0.151. The highest BCUT2D eigenvalue weighted by atomic mass is 127. The van der Waals surface area contributed by atoms with E-state index in [0.717, 1.165) is 41.3 Å². The lowest BCUT2D eigenvalue weighted by molar-refractivity contribution is 0.399. The number of aromatic nitrogens is 9. The van der Waals surface area contributed by atoms with Crippen LogP contribution < -0.4 is 10.2 Å². The number of ether oxygens (including phenoxy) is 1. The van der Waals surface area contributed by atoms with Crippen LogP contribution in [0.2, 0.25) is 0 Å². The standard InChI is InChI=1S/C7H10N2O.C7H10N2.C6H8N2O.3C5H5N.3C2H6.CH4O.2CH4.HI/c1-5-4-7(10-3)6(2)9-8-5;1-5-4-6(2)8-9-7(5)3;1-4-3-6(9)5(2)8-7-4;3*1-2-4-6-5-3-1;4*1-2;;;/h4H,1-3H3;4H,1-3H3;3H,1-2H3,(H,7,9);3*1-5H;3*1-2H3;2H,1H3;2*1H4;1H. The summed E-state index contributed by atoms with van der Waals surface area (Å²) < 4.78 is 5.02. The number of aryl methyl sites for hydroxylation is 7. The molecule has 6 aromatic rings. The number of methoxy groups -OCH3 is 1. The number of nitrogens with one attached hydrogen (secondary N) is 1. The zero-order valence-electron chi connectivity index (χ0n) is 35.6. The molecule has 0 saturated heterocycles. The van der Waals surface area contributed by atoms with Gasteiger partial charge in [-0.1, -0.05) is 74.6 Å². The summed E-state index contributed by atoms with van der Waals surface area (Å²) in [5.74, 6) is 0.799. The van der Waals surface area contributed by atoms with Gasteiger partial charge in [0.1, 0.15) is 17.1 Å². The first-order valence-electron chi connectivity index (χ1n) is 17.8. The predicted molar refractivity (Wildman–Crippen MR) is 252 cm³/mol. The Labute approximate surface area is 362 Å². The van der Waals surface area contributed by atoms with Crippen molar-refractivity contribution in [2.75, 3.05) is 14.2 Å². The number of aliphatic hydroxyl groups excluding tert-OH is 1. The SMILES string of the molecule is C.C.CC.CC.CC.CO.COc1cc(C)nnc1C.Cc1cc(=O)c(C)n[nH]1.Cc1cc(C)c(C)nn1.I.c1ccncc1.c1ccncc1.c1ccncc1. The lowest BCUT2D eigenvalue weighted by atomic mass is 10.2. The topological polar surface area (TPSA) is 165 Å². The molecular weight excluding hydrogens is 829 g/mol. The van der Waals surface area contributed by atoms with E-state index in [1.54, 1.807) is 58.1 Å². The van der Waals surface area contributed by atoms with Gasteiger partial charge in [-0.2, -0.15) is 25.5 Å². The van der Waals surface area contributed by atoms with E-state index >= 15 is 0 Å². The number of aliphatic hydroxyl groups is 1. The van der Waals surface area contributed by atoms with Crippen LogP contribution in [0.5, 0.6) is 5.75 Å². The molecule has 0 aliphatic heterocycles. The largest absolute Gasteiger partial charge is 0.495 e. The van der Waals surface area contributed by atoms with Gasteiger partial charge in [0, 0.05) is 62.1 Å². The molecule has 0 spiro atoms. The summed E-state index contributed by atoms with van der Waals surface area (Å²) in [4.78, 5) is 22.1. The van der Waals surface area contributed by atoms with Gasteiger partial charge in [-0.25, -0.2) is 0 Å². The fraction of sp³-hybridized carbons (Fsp3) is 0.386. The number of H-pyrrole nitrogens is 1.